The van der Waals surface area contributed by atoms with Crippen molar-refractivity contribution in [3.05, 3.63) is 107 Å². The van der Waals surface area contributed by atoms with E-state index < -0.39 is 0 Å². The van der Waals surface area contributed by atoms with Crippen molar-refractivity contribution in [1.82, 2.24) is 20.0 Å². The summed E-state index contributed by atoms with van der Waals surface area (Å²) >= 11 is 6.02. The van der Waals surface area contributed by atoms with E-state index in [0.29, 0.717) is 16.8 Å². The Hall–Kier alpha value is -2.99. The van der Waals surface area contributed by atoms with E-state index >= 15 is 0 Å². The zero-order chi connectivity index (χ0) is 21.8. The summed E-state index contributed by atoms with van der Waals surface area (Å²) in [7, 11) is 0. The fraction of sp³-hybridized carbons (Fsp3) is 0.231. The van der Waals surface area contributed by atoms with Gasteiger partial charge in [-0.15, -0.1) is 10.2 Å². The summed E-state index contributed by atoms with van der Waals surface area (Å²) in [6.45, 7) is 4.84. The minimum atomic E-state index is -0.0661. The minimum absolute atomic E-state index is 0.0661. The number of nitrogens with zero attached hydrogens (tertiary/aromatic N) is 4. The van der Waals surface area contributed by atoms with Crippen molar-refractivity contribution in [2.75, 3.05) is 26.2 Å². The minimum Gasteiger partial charge on any atom is -0.419 e. The first-order valence-electron chi connectivity index (χ1n) is 10.9. The third-order valence-corrected chi connectivity index (χ3v) is 6.15. The van der Waals surface area contributed by atoms with E-state index in [1.807, 2.05) is 30.3 Å². The Kier molecular flexibility index (Phi) is 6.30. The van der Waals surface area contributed by atoms with Gasteiger partial charge in [-0.2, -0.15) is 0 Å². The molecular weight excluding hydrogens is 420 g/mol. The Morgan fingerprint density at radius 3 is 2.12 bits per heavy atom. The normalized spacial score (nSPS) is 16.2. The van der Waals surface area contributed by atoms with Crippen LogP contribution in [0.4, 0.5) is 0 Å². The molecule has 4 aromatic rings. The molecule has 0 saturated carbocycles. The monoisotopic (exact) mass is 444 g/mol. The van der Waals surface area contributed by atoms with Gasteiger partial charge in [-0.25, -0.2) is 0 Å². The zero-order valence-corrected chi connectivity index (χ0v) is 18.5. The lowest BCUT2D eigenvalue weighted by atomic mass is 10.0. The Labute approximate surface area is 193 Å². The predicted octanol–water partition coefficient (Wildman–Crippen LogP) is 5.30. The summed E-state index contributed by atoms with van der Waals surface area (Å²) in [6.07, 6.45) is 0. The molecule has 3 aromatic carbocycles. The molecule has 1 aromatic heterocycles. The molecule has 5 nitrogen and oxygen atoms in total. The third kappa shape index (κ3) is 4.75. The number of halogens is 1. The maximum Gasteiger partial charge on any atom is 0.247 e. The molecule has 6 heteroatoms. The largest absolute Gasteiger partial charge is 0.419 e. The molecule has 0 radical (unpaired) electrons. The lowest BCUT2D eigenvalue weighted by Crippen LogP contribution is -2.47. The molecule has 32 heavy (non-hydrogen) atoms. The molecule has 1 aliphatic heterocycles. The quantitative estimate of drug-likeness (QED) is 0.404. The molecule has 0 N–H and O–H groups in total. The predicted molar refractivity (Wildman–Crippen MR) is 126 cm³/mol. The molecule has 1 fully saturated rings. The Bertz CT molecular complexity index is 1120. The molecule has 1 aliphatic rings. The molecule has 2 heterocycles. The van der Waals surface area contributed by atoms with Gasteiger partial charge in [-0.1, -0.05) is 72.3 Å². The Balaban J connectivity index is 1.35. The smallest absolute Gasteiger partial charge is 0.247 e. The van der Waals surface area contributed by atoms with Crippen LogP contribution in [0.2, 0.25) is 5.02 Å². The molecule has 5 rings (SSSR count). The van der Waals surface area contributed by atoms with E-state index in [2.05, 4.69) is 74.6 Å². The molecule has 0 aliphatic carbocycles. The number of benzene rings is 3. The fourth-order valence-corrected chi connectivity index (χ4v) is 4.35. The molecule has 0 amide bonds. The number of hydrogen-bond acceptors (Lipinski definition) is 5. The summed E-state index contributed by atoms with van der Waals surface area (Å²) in [5.41, 5.74) is 3.38. The van der Waals surface area contributed by atoms with E-state index in [0.717, 1.165) is 43.9 Å². The topological polar surface area (TPSA) is 45.4 Å². The van der Waals surface area contributed by atoms with E-state index in [1.54, 1.807) is 0 Å². The van der Waals surface area contributed by atoms with Crippen molar-refractivity contribution >= 4 is 11.6 Å². The third-order valence-electron chi connectivity index (χ3n) is 5.90. The standard InChI is InChI=1S/C26H25ClN4O/c27-23-13-11-22(12-14-23)25-28-29-26(32-25)24(21-9-5-2-6-10-21)31-17-15-30(16-18-31)19-20-7-3-1-4-8-20/h1-14,24H,15-19H2/t24-/m1/s1. The van der Waals surface area contributed by atoms with Crippen molar-refractivity contribution in [2.24, 2.45) is 0 Å². The maximum atomic E-state index is 6.18. The first kappa shape index (κ1) is 20.9. The highest BCUT2D eigenvalue weighted by Gasteiger charge is 2.30. The molecule has 1 saturated heterocycles. The Morgan fingerprint density at radius 1 is 0.781 bits per heavy atom. The van der Waals surface area contributed by atoms with E-state index in [-0.39, 0.29) is 6.04 Å². The van der Waals surface area contributed by atoms with Crippen LogP contribution in [-0.4, -0.2) is 46.2 Å². The first-order chi connectivity index (χ1) is 15.8. The highest BCUT2D eigenvalue weighted by Crippen LogP contribution is 2.31. The molecular formula is C26H25ClN4O. The van der Waals surface area contributed by atoms with Gasteiger partial charge in [0.15, 0.2) is 0 Å². The second kappa shape index (κ2) is 9.65. The van der Waals surface area contributed by atoms with Crippen LogP contribution in [0.3, 0.4) is 0 Å². The van der Waals surface area contributed by atoms with Gasteiger partial charge < -0.3 is 4.42 Å². The van der Waals surface area contributed by atoms with Crippen LogP contribution in [-0.2, 0) is 6.54 Å². The van der Waals surface area contributed by atoms with Crippen LogP contribution in [0.1, 0.15) is 23.1 Å². The van der Waals surface area contributed by atoms with Crippen molar-refractivity contribution in [3.63, 3.8) is 0 Å². The van der Waals surface area contributed by atoms with Gasteiger partial charge in [0.25, 0.3) is 0 Å². The molecule has 0 unspecified atom stereocenters. The van der Waals surface area contributed by atoms with Crippen LogP contribution in [0.25, 0.3) is 11.5 Å². The second-order valence-corrected chi connectivity index (χ2v) is 8.50. The average Bonchev–Trinajstić information content (AvgIpc) is 3.32. The maximum absolute atomic E-state index is 6.18. The van der Waals surface area contributed by atoms with Gasteiger partial charge >= 0.3 is 0 Å². The van der Waals surface area contributed by atoms with Gasteiger partial charge in [-0.05, 0) is 35.4 Å². The van der Waals surface area contributed by atoms with Gasteiger partial charge in [0, 0.05) is 43.3 Å². The summed E-state index contributed by atoms with van der Waals surface area (Å²) in [5, 5.41) is 9.46. The number of hydrogen-bond donors (Lipinski definition) is 0. The van der Waals surface area contributed by atoms with Crippen molar-refractivity contribution < 1.29 is 4.42 Å². The highest BCUT2D eigenvalue weighted by atomic mass is 35.5. The molecule has 0 bridgehead atoms. The SMILES string of the molecule is Clc1ccc(-c2nnc([C@@H](c3ccccc3)N3CCN(Cc4ccccc4)CC3)o2)cc1. The lowest BCUT2D eigenvalue weighted by molar-refractivity contribution is 0.0952. The second-order valence-electron chi connectivity index (χ2n) is 8.06. The van der Waals surface area contributed by atoms with Gasteiger partial charge in [0.2, 0.25) is 11.8 Å². The Morgan fingerprint density at radius 2 is 1.44 bits per heavy atom. The molecule has 1 atom stereocenters. The summed E-state index contributed by atoms with van der Waals surface area (Å²) < 4.78 is 6.18. The van der Waals surface area contributed by atoms with E-state index in [9.17, 15) is 0 Å². The van der Waals surface area contributed by atoms with Crippen molar-refractivity contribution in [3.8, 4) is 11.5 Å². The molecule has 162 valence electrons. The fourth-order valence-electron chi connectivity index (χ4n) is 4.22. The first-order valence-corrected chi connectivity index (χ1v) is 11.3. The lowest BCUT2D eigenvalue weighted by Gasteiger charge is -2.38. The average molecular weight is 445 g/mol. The van der Waals surface area contributed by atoms with E-state index in [4.69, 9.17) is 16.0 Å². The summed E-state index contributed by atoms with van der Waals surface area (Å²) in [6, 6.07) is 28.5. The van der Waals surface area contributed by atoms with E-state index in [1.165, 1.54) is 5.56 Å². The number of aromatic nitrogens is 2. The van der Waals surface area contributed by atoms with Crippen LogP contribution >= 0.6 is 11.6 Å². The summed E-state index contributed by atoms with van der Waals surface area (Å²) in [4.78, 5) is 4.94. The number of piperazine rings is 1. The molecule has 0 spiro atoms. The van der Waals surface area contributed by atoms with Gasteiger partial charge in [0.1, 0.15) is 6.04 Å². The zero-order valence-electron chi connectivity index (χ0n) is 17.8. The van der Waals surface area contributed by atoms with Crippen LogP contribution in [0.15, 0.2) is 89.3 Å². The van der Waals surface area contributed by atoms with Gasteiger partial charge in [0.05, 0.1) is 0 Å². The van der Waals surface area contributed by atoms with Crippen LogP contribution in [0, 0.1) is 0 Å². The van der Waals surface area contributed by atoms with Crippen molar-refractivity contribution in [2.45, 2.75) is 12.6 Å². The summed E-state index contributed by atoms with van der Waals surface area (Å²) in [5.74, 6) is 1.14. The van der Waals surface area contributed by atoms with Crippen LogP contribution in [0.5, 0.6) is 0 Å². The van der Waals surface area contributed by atoms with Crippen molar-refractivity contribution in [1.29, 1.82) is 0 Å². The van der Waals surface area contributed by atoms with Gasteiger partial charge in [-0.3, -0.25) is 9.80 Å². The van der Waals surface area contributed by atoms with Crippen LogP contribution < -0.4 is 0 Å². The highest BCUT2D eigenvalue weighted by molar-refractivity contribution is 6.30. The number of rotatable bonds is 6.